The van der Waals surface area contributed by atoms with Crippen LogP contribution in [0.4, 0.5) is 10.5 Å². The molecule has 0 saturated carbocycles. The minimum absolute atomic E-state index is 0.0949. The van der Waals surface area contributed by atoms with E-state index in [0.29, 0.717) is 31.2 Å². The summed E-state index contributed by atoms with van der Waals surface area (Å²) >= 11 is 6.11. The molecule has 2 fully saturated rings. The van der Waals surface area contributed by atoms with Crippen molar-refractivity contribution in [3.8, 4) is 0 Å². The van der Waals surface area contributed by atoms with Crippen LogP contribution < -0.4 is 5.32 Å². The summed E-state index contributed by atoms with van der Waals surface area (Å²) in [5.74, 6) is 0. The first-order valence-electron chi connectivity index (χ1n) is 9.65. The molecule has 0 aliphatic carbocycles. The van der Waals surface area contributed by atoms with Gasteiger partial charge in [-0.05, 0) is 50.3 Å². The van der Waals surface area contributed by atoms with Gasteiger partial charge >= 0.3 is 6.03 Å². The molecule has 2 amide bonds. The highest BCUT2D eigenvalue weighted by atomic mass is 35.5. The number of halogens is 1. The van der Waals surface area contributed by atoms with E-state index < -0.39 is 10.0 Å². The summed E-state index contributed by atoms with van der Waals surface area (Å²) in [7, 11) is -3.11. The summed E-state index contributed by atoms with van der Waals surface area (Å²) in [5, 5.41) is 3.57. The SMILES string of the molecule is Cc1c(Cl)cccc1NC(=O)N1CCC(OC2CCN(S(C)(=O)=O)CC2)CC1. The van der Waals surface area contributed by atoms with Gasteiger partial charge in [-0.3, -0.25) is 0 Å². The van der Waals surface area contributed by atoms with Crippen molar-refractivity contribution in [3.63, 3.8) is 0 Å². The first kappa shape index (κ1) is 21.4. The van der Waals surface area contributed by atoms with Crippen molar-refractivity contribution in [1.29, 1.82) is 0 Å². The first-order chi connectivity index (χ1) is 13.2. The van der Waals surface area contributed by atoms with E-state index in [2.05, 4.69) is 5.32 Å². The van der Waals surface area contributed by atoms with Crippen LogP contribution in [-0.2, 0) is 14.8 Å². The summed E-state index contributed by atoms with van der Waals surface area (Å²) in [6.07, 6.45) is 4.48. The Hall–Kier alpha value is -1.35. The van der Waals surface area contributed by atoms with Crippen molar-refractivity contribution in [1.82, 2.24) is 9.21 Å². The van der Waals surface area contributed by atoms with Gasteiger partial charge in [0, 0.05) is 36.9 Å². The second-order valence-corrected chi connectivity index (χ2v) is 9.92. The van der Waals surface area contributed by atoms with E-state index >= 15 is 0 Å². The van der Waals surface area contributed by atoms with Crippen LogP contribution in [0.2, 0.25) is 5.02 Å². The summed E-state index contributed by atoms with van der Waals surface area (Å²) in [6, 6.07) is 5.35. The number of rotatable bonds is 4. The Bertz CT molecular complexity index is 801. The van der Waals surface area contributed by atoms with Gasteiger partial charge in [-0.1, -0.05) is 17.7 Å². The van der Waals surface area contributed by atoms with E-state index in [9.17, 15) is 13.2 Å². The fourth-order valence-corrected chi connectivity index (χ4v) is 4.75. The molecule has 28 heavy (non-hydrogen) atoms. The van der Waals surface area contributed by atoms with Crippen LogP contribution in [-0.4, -0.2) is 68.3 Å². The first-order valence-corrected chi connectivity index (χ1v) is 11.9. The molecular weight excluding hydrogens is 402 g/mol. The normalized spacial score (nSPS) is 20.3. The third kappa shape index (κ3) is 5.37. The molecule has 9 heteroatoms. The average molecular weight is 430 g/mol. The van der Waals surface area contributed by atoms with Gasteiger partial charge < -0.3 is 15.0 Å². The van der Waals surface area contributed by atoms with Gasteiger partial charge in [0.05, 0.1) is 18.5 Å². The number of benzene rings is 1. The zero-order valence-corrected chi connectivity index (χ0v) is 17.9. The second kappa shape index (κ2) is 8.98. The number of urea groups is 1. The number of carbonyl (C=O) groups excluding carboxylic acids is 1. The van der Waals surface area contributed by atoms with Crippen molar-refractivity contribution in [2.24, 2.45) is 0 Å². The number of hydrogen-bond donors (Lipinski definition) is 1. The predicted octanol–water partition coefficient (Wildman–Crippen LogP) is 3.09. The van der Waals surface area contributed by atoms with Crippen molar-refractivity contribution >= 4 is 33.3 Å². The number of anilines is 1. The summed E-state index contributed by atoms with van der Waals surface area (Å²) in [4.78, 5) is 14.3. The van der Waals surface area contributed by atoms with Crippen LogP contribution >= 0.6 is 11.6 Å². The molecule has 0 bridgehead atoms. The van der Waals surface area contributed by atoms with E-state index in [0.717, 1.165) is 36.9 Å². The van der Waals surface area contributed by atoms with Crippen LogP contribution in [0.25, 0.3) is 0 Å². The van der Waals surface area contributed by atoms with Crippen LogP contribution in [0.1, 0.15) is 31.2 Å². The lowest BCUT2D eigenvalue weighted by Gasteiger charge is -2.36. The molecule has 2 aliphatic heterocycles. The van der Waals surface area contributed by atoms with Gasteiger partial charge in [0.1, 0.15) is 0 Å². The highest BCUT2D eigenvalue weighted by Gasteiger charge is 2.29. The van der Waals surface area contributed by atoms with E-state index in [1.54, 1.807) is 11.0 Å². The highest BCUT2D eigenvalue weighted by molar-refractivity contribution is 7.88. The lowest BCUT2D eigenvalue weighted by atomic mass is 10.1. The maximum Gasteiger partial charge on any atom is 0.321 e. The van der Waals surface area contributed by atoms with Crippen molar-refractivity contribution in [2.75, 3.05) is 37.8 Å². The van der Waals surface area contributed by atoms with Gasteiger partial charge in [0.2, 0.25) is 10.0 Å². The number of ether oxygens (including phenoxy) is 1. The third-order valence-electron chi connectivity index (χ3n) is 5.49. The topological polar surface area (TPSA) is 79.0 Å². The Morgan fingerprint density at radius 1 is 1.11 bits per heavy atom. The lowest BCUT2D eigenvalue weighted by Crippen LogP contribution is -2.45. The van der Waals surface area contributed by atoms with E-state index in [-0.39, 0.29) is 18.2 Å². The lowest BCUT2D eigenvalue weighted by molar-refractivity contribution is -0.0542. The molecule has 1 N–H and O–H groups in total. The fraction of sp³-hybridized carbons (Fsp3) is 0.632. The number of carbonyl (C=O) groups is 1. The monoisotopic (exact) mass is 429 g/mol. The summed E-state index contributed by atoms with van der Waals surface area (Å²) in [6.45, 7) is 4.19. The number of likely N-dealkylation sites (tertiary alicyclic amines) is 1. The predicted molar refractivity (Wildman–Crippen MR) is 110 cm³/mol. The molecule has 156 valence electrons. The molecule has 3 rings (SSSR count). The molecule has 2 heterocycles. The van der Waals surface area contributed by atoms with Crippen LogP contribution in [0.3, 0.4) is 0 Å². The van der Waals surface area contributed by atoms with E-state index in [4.69, 9.17) is 16.3 Å². The van der Waals surface area contributed by atoms with Crippen LogP contribution in [0, 0.1) is 6.92 Å². The quantitative estimate of drug-likeness (QED) is 0.797. The average Bonchev–Trinajstić information content (AvgIpc) is 2.66. The Labute approximate surface area is 172 Å². The molecule has 0 unspecified atom stereocenters. The number of hydrogen-bond acceptors (Lipinski definition) is 4. The third-order valence-corrected chi connectivity index (χ3v) is 7.21. The van der Waals surface area contributed by atoms with Gasteiger partial charge in [0.15, 0.2) is 0 Å². The van der Waals surface area contributed by atoms with Gasteiger partial charge in [-0.15, -0.1) is 0 Å². The largest absolute Gasteiger partial charge is 0.375 e. The molecule has 1 aromatic carbocycles. The number of piperidine rings is 2. The standard InChI is InChI=1S/C19H28ClN3O4S/c1-14-17(20)4-3-5-18(14)21-19(24)22-10-6-15(7-11-22)27-16-8-12-23(13-9-16)28(2,25)26/h3-5,15-16H,6-13H2,1-2H3,(H,21,24). The number of nitrogens with zero attached hydrogens (tertiary/aromatic N) is 2. The number of nitrogens with one attached hydrogen (secondary N) is 1. The smallest absolute Gasteiger partial charge is 0.321 e. The van der Waals surface area contributed by atoms with Crippen LogP contribution in [0.5, 0.6) is 0 Å². The van der Waals surface area contributed by atoms with Crippen molar-refractivity contribution in [2.45, 2.75) is 44.8 Å². The summed E-state index contributed by atoms with van der Waals surface area (Å²) in [5.41, 5.74) is 1.59. The zero-order valence-electron chi connectivity index (χ0n) is 16.4. The Balaban J connectivity index is 1.43. The molecular formula is C19H28ClN3O4S. The molecule has 0 atom stereocenters. The van der Waals surface area contributed by atoms with E-state index in [1.807, 2.05) is 19.1 Å². The Morgan fingerprint density at radius 3 is 2.25 bits per heavy atom. The van der Waals surface area contributed by atoms with Crippen molar-refractivity contribution < 1.29 is 17.9 Å². The maximum absolute atomic E-state index is 12.5. The zero-order chi connectivity index (χ0) is 20.3. The van der Waals surface area contributed by atoms with Gasteiger partial charge in [0.25, 0.3) is 0 Å². The minimum Gasteiger partial charge on any atom is -0.375 e. The molecule has 2 saturated heterocycles. The molecule has 0 spiro atoms. The van der Waals surface area contributed by atoms with Gasteiger partial charge in [-0.25, -0.2) is 17.5 Å². The van der Waals surface area contributed by atoms with Gasteiger partial charge in [-0.2, -0.15) is 0 Å². The minimum atomic E-state index is -3.11. The maximum atomic E-state index is 12.5. The number of amides is 2. The Morgan fingerprint density at radius 2 is 1.68 bits per heavy atom. The molecule has 1 aromatic rings. The molecule has 0 aromatic heterocycles. The molecule has 2 aliphatic rings. The summed E-state index contributed by atoms with van der Waals surface area (Å²) < 4.78 is 30.9. The Kier molecular flexibility index (Phi) is 6.85. The highest BCUT2D eigenvalue weighted by Crippen LogP contribution is 2.25. The number of sulfonamides is 1. The second-order valence-electron chi connectivity index (χ2n) is 7.53. The van der Waals surface area contributed by atoms with E-state index in [1.165, 1.54) is 10.6 Å². The molecule has 7 nitrogen and oxygen atoms in total. The fourth-order valence-electron chi connectivity index (χ4n) is 3.70. The molecule has 0 radical (unpaired) electrons. The van der Waals surface area contributed by atoms with Crippen molar-refractivity contribution in [3.05, 3.63) is 28.8 Å². The van der Waals surface area contributed by atoms with Crippen LogP contribution in [0.15, 0.2) is 18.2 Å².